The van der Waals surface area contributed by atoms with Crippen LogP contribution in [-0.4, -0.2) is 15.9 Å². The second-order valence-electron chi connectivity index (χ2n) is 3.03. The van der Waals surface area contributed by atoms with Gasteiger partial charge in [-0.3, -0.25) is 14.8 Å². The van der Waals surface area contributed by atoms with E-state index in [4.69, 9.17) is 5.84 Å². The number of pyridine rings is 1. The van der Waals surface area contributed by atoms with Crippen LogP contribution >= 0.6 is 9.24 Å². The van der Waals surface area contributed by atoms with Crippen LogP contribution in [0.15, 0.2) is 12.3 Å². The molecular weight excluding hydrogens is 185 g/mol. The molecule has 13 heavy (non-hydrogen) atoms. The first-order valence-electron chi connectivity index (χ1n) is 3.96. The summed E-state index contributed by atoms with van der Waals surface area (Å²) in [6.07, 6.45) is 2.09. The quantitative estimate of drug-likeness (QED) is 0.339. The van der Waals surface area contributed by atoms with Gasteiger partial charge in [0.2, 0.25) is 5.91 Å². The summed E-state index contributed by atoms with van der Waals surface area (Å²) in [5.41, 5.74) is 2.96. The van der Waals surface area contributed by atoms with Crippen molar-refractivity contribution in [3.8, 4) is 0 Å². The van der Waals surface area contributed by atoms with E-state index in [1.807, 2.05) is 6.07 Å². The number of aromatic nitrogens is 1. The van der Waals surface area contributed by atoms with Crippen LogP contribution in [0.4, 0.5) is 0 Å². The van der Waals surface area contributed by atoms with Crippen LogP contribution in [0.25, 0.3) is 0 Å². The normalized spacial score (nSPS) is 15.8. The van der Waals surface area contributed by atoms with Crippen molar-refractivity contribution >= 4 is 20.6 Å². The molecule has 2 heterocycles. The molecule has 5 heteroatoms. The van der Waals surface area contributed by atoms with Gasteiger partial charge in [0.25, 0.3) is 0 Å². The molecule has 0 spiro atoms. The molecule has 0 aromatic carbocycles. The van der Waals surface area contributed by atoms with Gasteiger partial charge in [-0.2, -0.15) is 0 Å². The molecule has 1 atom stereocenters. The van der Waals surface area contributed by atoms with E-state index < -0.39 is 0 Å². The monoisotopic (exact) mass is 195 g/mol. The predicted molar refractivity (Wildman–Crippen MR) is 52.0 cm³/mol. The summed E-state index contributed by atoms with van der Waals surface area (Å²) >= 11 is 0. The smallest absolute Gasteiger partial charge is 0.241 e. The minimum absolute atomic E-state index is 0.0388. The van der Waals surface area contributed by atoms with Gasteiger partial charge in [-0.25, -0.2) is 5.84 Å². The third kappa shape index (κ3) is 1.43. The molecule has 0 saturated carbocycles. The molecule has 0 aliphatic carbocycles. The van der Waals surface area contributed by atoms with E-state index in [0.717, 1.165) is 16.6 Å². The first kappa shape index (κ1) is 8.60. The number of hydrogen-bond acceptors (Lipinski definition) is 3. The number of nitrogens with two attached hydrogens (primary N) is 1. The van der Waals surface area contributed by atoms with E-state index in [2.05, 4.69) is 14.2 Å². The van der Waals surface area contributed by atoms with Crippen molar-refractivity contribution in [2.24, 2.45) is 5.84 Å². The molecule has 0 fully saturated rings. The highest BCUT2D eigenvalue weighted by atomic mass is 31.0. The molecule has 4 nitrogen and oxygen atoms in total. The third-order valence-corrected chi connectivity index (χ3v) is 2.67. The standard InChI is InChI=1S/C8H10N3OP/c9-11-4-6-5(3-7(11)12)1-2-10-8(6)13/h1-2H,3-4,9,13H2. The maximum absolute atomic E-state index is 11.2. The highest BCUT2D eigenvalue weighted by molar-refractivity contribution is 7.27. The third-order valence-electron chi connectivity index (χ3n) is 2.18. The Balaban J connectivity index is 2.48. The van der Waals surface area contributed by atoms with E-state index >= 15 is 0 Å². The number of hydrogen-bond donors (Lipinski definition) is 1. The van der Waals surface area contributed by atoms with Crippen LogP contribution in [0, 0.1) is 0 Å². The Hall–Kier alpha value is -0.990. The maximum atomic E-state index is 11.2. The van der Waals surface area contributed by atoms with Crippen LogP contribution in [-0.2, 0) is 17.8 Å². The molecule has 0 saturated heterocycles. The summed E-state index contributed by atoms with van der Waals surface area (Å²) in [5.74, 6) is 5.47. The fraction of sp³-hybridized carbons (Fsp3) is 0.250. The van der Waals surface area contributed by atoms with Crippen molar-refractivity contribution in [3.05, 3.63) is 23.4 Å². The number of rotatable bonds is 0. The molecule has 1 aromatic rings. The van der Waals surface area contributed by atoms with Crippen LogP contribution in [0.3, 0.4) is 0 Å². The fourth-order valence-electron chi connectivity index (χ4n) is 1.42. The summed E-state index contributed by atoms with van der Waals surface area (Å²) in [7, 11) is 2.55. The Morgan fingerprint density at radius 3 is 3.15 bits per heavy atom. The average molecular weight is 195 g/mol. The summed E-state index contributed by atoms with van der Waals surface area (Å²) < 4.78 is 0. The molecule has 1 unspecified atom stereocenters. The van der Waals surface area contributed by atoms with Crippen LogP contribution in [0.2, 0.25) is 0 Å². The average Bonchev–Trinajstić information content (AvgIpc) is 2.09. The molecule has 2 N–H and O–H groups in total. The lowest BCUT2D eigenvalue weighted by Gasteiger charge is -2.24. The van der Waals surface area contributed by atoms with Crippen molar-refractivity contribution in [1.29, 1.82) is 0 Å². The lowest BCUT2D eigenvalue weighted by Crippen LogP contribution is -2.42. The van der Waals surface area contributed by atoms with Gasteiger partial charge in [0.15, 0.2) is 0 Å². The number of carbonyl (C=O) groups is 1. The van der Waals surface area contributed by atoms with Gasteiger partial charge in [0, 0.05) is 11.8 Å². The van der Waals surface area contributed by atoms with Crippen LogP contribution in [0.1, 0.15) is 11.1 Å². The highest BCUT2D eigenvalue weighted by Gasteiger charge is 2.21. The molecule has 2 rings (SSSR count). The van der Waals surface area contributed by atoms with Gasteiger partial charge < -0.3 is 0 Å². The van der Waals surface area contributed by atoms with Gasteiger partial charge in [-0.05, 0) is 11.6 Å². The van der Waals surface area contributed by atoms with Crippen molar-refractivity contribution in [2.45, 2.75) is 13.0 Å². The molecule has 68 valence electrons. The lowest BCUT2D eigenvalue weighted by atomic mass is 10.0. The van der Waals surface area contributed by atoms with Crippen molar-refractivity contribution < 1.29 is 4.79 Å². The molecular formula is C8H10N3OP. The summed E-state index contributed by atoms with van der Waals surface area (Å²) in [6.45, 7) is 0.459. The maximum Gasteiger partial charge on any atom is 0.241 e. The van der Waals surface area contributed by atoms with Crippen molar-refractivity contribution in [1.82, 2.24) is 9.99 Å². The van der Waals surface area contributed by atoms with Gasteiger partial charge in [0.05, 0.1) is 18.4 Å². The molecule has 0 radical (unpaired) electrons. The van der Waals surface area contributed by atoms with Gasteiger partial charge in [-0.15, -0.1) is 0 Å². The van der Waals surface area contributed by atoms with Crippen molar-refractivity contribution in [3.63, 3.8) is 0 Å². The first-order valence-corrected chi connectivity index (χ1v) is 4.53. The largest absolute Gasteiger partial charge is 0.276 e. The van der Waals surface area contributed by atoms with Gasteiger partial charge in [-0.1, -0.05) is 9.24 Å². The number of fused-ring (bicyclic) bond motifs is 1. The SMILES string of the molecule is NN1Cc2c(ccnc2P)CC1=O. The minimum Gasteiger partial charge on any atom is -0.276 e. The summed E-state index contributed by atoms with van der Waals surface area (Å²) in [6, 6.07) is 1.87. The zero-order valence-corrected chi connectivity index (χ0v) is 8.18. The lowest BCUT2D eigenvalue weighted by molar-refractivity contribution is -0.132. The fourth-order valence-corrected chi connectivity index (χ4v) is 1.78. The molecule has 0 bridgehead atoms. The zero-order valence-electron chi connectivity index (χ0n) is 7.03. The van der Waals surface area contributed by atoms with Crippen LogP contribution < -0.4 is 11.3 Å². The Labute approximate surface area is 78.3 Å². The second kappa shape index (κ2) is 3.05. The highest BCUT2D eigenvalue weighted by Crippen LogP contribution is 2.15. The molecule has 1 amide bonds. The predicted octanol–water partition coefficient (Wildman–Crippen LogP) is -0.660. The first-order chi connectivity index (χ1) is 6.18. The topological polar surface area (TPSA) is 59.2 Å². The summed E-state index contributed by atoms with van der Waals surface area (Å²) in [4.78, 5) is 15.4. The zero-order chi connectivity index (χ0) is 9.42. The Bertz CT molecular complexity index is 366. The van der Waals surface area contributed by atoms with E-state index in [-0.39, 0.29) is 5.91 Å². The van der Waals surface area contributed by atoms with E-state index in [1.165, 1.54) is 5.01 Å². The van der Waals surface area contributed by atoms with Crippen LogP contribution in [0.5, 0.6) is 0 Å². The van der Waals surface area contributed by atoms with E-state index in [1.54, 1.807) is 6.20 Å². The van der Waals surface area contributed by atoms with Crippen molar-refractivity contribution in [2.75, 3.05) is 0 Å². The second-order valence-corrected chi connectivity index (χ2v) is 3.58. The summed E-state index contributed by atoms with van der Waals surface area (Å²) in [5, 5.41) is 1.23. The van der Waals surface area contributed by atoms with Gasteiger partial charge >= 0.3 is 0 Å². The Morgan fingerprint density at radius 2 is 2.38 bits per heavy atom. The molecule has 1 aromatic heterocycles. The number of hydrazine groups is 1. The van der Waals surface area contributed by atoms with E-state index in [9.17, 15) is 4.79 Å². The minimum atomic E-state index is -0.0388. The Morgan fingerprint density at radius 1 is 1.62 bits per heavy atom. The number of carbonyl (C=O) groups excluding carboxylic acids is 1. The molecule has 1 aliphatic heterocycles. The van der Waals surface area contributed by atoms with E-state index in [0.29, 0.717) is 13.0 Å². The van der Waals surface area contributed by atoms with Gasteiger partial charge in [0.1, 0.15) is 0 Å². The number of amides is 1. The Kier molecular flexibility index (Phi) is 2.02. The molecule has 1 aliphatic rings. The number of nitrogens with zero attached hydrogens (tertiary/aromatic N) is 2.